The first kappa shape index (κ1) is 24.3. The molecule has 2 aliphatic carbocycles. The number of amidine groups is 1. The molecule has 0 fully saturated rings. The topological polar surface area (TPSA) is 37.3 Å². The fourth-order valence-electron chi connectivity index (χ4n) is 5.87. The van der Waals surface area contributed by atoms with Crippen molar-refractivity contribution < 1.29 is 0 Å². The lowest BCUT2D eigenvalue weighted by Gasteiger charge is -2.29. The first-order valence-electron chi connectivity index (χ1n) is 14.1. The Labute approximate surface area is 235 Å². The molecule has 3 heteroatoms. The number of aromatic nitrogens is 1. The van der Waals surface area contributed by atoms with Crippen LogP contribution >= 0.6 is 0 Å². The van der Waals surface area contributed by atoms with Crippen molar-refractivity contribution in [3.8, 4) is 11.1 Å². The van der Waals surface area contributed by atoms with E-state index < -0.39 is 0 Å². The molecule has 1 aliphatic heterocycles. The largest absolute Gasteiger partial charge is 0.359 e. The summed E-state index contributed by atoms with van der Waals surface area (Å²) in [5, 5.41) is 6.31. The van der Waals surface area contributed by atoms with Gasteiger partial charge in [0.05, 0.1) is 6.04 Å². The smallest absolute Gasteiger partial charge is 0.130 e. The number of pyridine rings is 1. The molecule has 2 atom stereocenters. The summed E-state index contributed by atoms with van der Waals surface area (Å²) in [6.45, 7) is 0. The molecule has 0 bridgehead atoms. The number of hydrogen-bond acceptors (Lipinski definition) is 3. The molecule has 0 saturated heterocycles. The molecule has 0 spiro atoms. The van der Waals surface area contributed by atoms with Crippen LogP contribution in [-0.4, -0.2) is 10.8 Å². The summed E-state index contributed by atoms with van der Waals surface area (Å²) >= 11 is 0. The van der Waals surface area contributed by atoms with Crippen LogP contribution in [0.2, 0.25) is 0 Å². The highest BCUT2D eigenvalue weighted by atomic mass is 15.1. The minimum atomic E-state index is 0.0528. The lowest BCUT2D eigenvalue weighted by molar-refractivity contribution is 0.691. The minimum Gasteiger partial charge on any atom is -0.359 e. The molecule has 7 rings (SSSR count). The Morgan fingerprint density at radius 2 is 1.70 bits per heavy atom. The van der Waals surface area contributed by atoms with Crippen LogP contribution in [0.4, 0.5) is 0 Å². The predicted octanol–water partition coefficient (Wildman–Crippen LogP) is 8.76. The van der Waals surface area contributed by atoms with Gasteiger partial charge < -0.3 is 5.32 Å². The monoisotopic (exact) mass is 517 g/mol. The van der Waals surface area contributed by atoms with E-state index in [1.165, 1.54) is 38.6 Å². The Kier molecular flexibility index (Phi) is 6.55. The van der Waals surface area contributed by atoms with Gasteiger partial charge in [-0.15, -0.1) is 0 Å². The van der Waals surface area contributed by atoms with Gasteiger partial charge in [0.25, 0.3) is 0 Å². The normalized spacial score (nSPS) is 20.3. The van der Waals surface area contributed by atoms with Crippen molar-refractivity contribution in [2.75, 3.05) is 0 Å². The summed E-state index contributed by atoms with van der Waals surface area (Å²) in [6.07, 6.45) is 22.5. The van der Waals surface area contributed by atoms with E-state index in [0.717, 1.165) is 36.4 Å². The molecule has 3 aromatic carbocycles. The third-order valence-electron chi connectivity index (χ3n) is 8.00. The van der Waals surface area contributed by atoms with Gasteiger partial charge in [-0.1, -0.05) is 109 Å². The van der Waals surface area contributed by atoms with Crippen LogP contribution in [0.25, 0.3) is 27.5 Å². The van der Waals surface area contributed by atoms with Gasteiger partial charge in [0.2, 0.25) is 0 Å². The van der Waals surface area contributed by atoms with Crippen molar-refractivity contribution >= 4 is 22.2 Å². The number of hydrogen-bond donors (Lipinski definition) is 1. The average molecular weight is 518 g/mol. The summed E-state index contributed by atoms with van der Waals surface area (Å²) < 4.78 is 0. The molecular weight excluding hydrogens is 486 g/mol. The highest BCUT2D eigenvalue weighted by molar-refractivity contribution is 6.00. The SMILES string of the molecule is C1=CCCC(C2=NC(C3C=C(c4cccnc4)C=CC3)=CC(c3ccc(-c4cccc5ccccc45)cc3)N2)=C1. The van der Waals surface area contributed by atoms with Crippen molar-refractivity contribution in [1.82, 2.24) is 10.3 Å². The molecule has 0 saturated carbocycles. The Morgan fingerprint density at radius 1 is 0.800 bits per heavy atom. The van der Waals surface area contributed by atoms with Crippen LogP contribution in [-0.2, 0) is 0 Å². The third-order valence-corrected chi connectivity index (χ3v) is 8.00. The maximum absolute atomic E-state index is 5.20. The van der Waals surface area contributed by atoms with E-state index in [-0.39, 0.29) is 12.0 Å². The first-order chi connectivity index (χ1) is 19.8. The molecule has 40 heavy (non-hydrogen) atoms. The lowest BCUT2D eigenvalue weighted by atomic mass is 9.88. The second-order valence-corrected chi connectivity index (χ2v) is 10.6. The highest BCUT2D eigenvalue weighted by Crippen LogP contribution is 2.35. The second kappa shape index (κ2) is 10.8. The third kappa shape index (κ3) is 4.87. The van der Waals surface area contributed by atoms with Crippen LogP contribution < -0.4 is 5.32 Å². The van der Waals surface area contributed by atoms with Crippen LogP contribution in [0.15, 0.2) is 150 Å². The van der Waals surface area contributed by atoms with Crippen molar-refractivity contribution in [3.63, 3.8) is 0 Å². The maximum atomic E-state index is 5.20. The molecule has 0 radical (unpaired) electrons. The Morgan fingerprint density at radius 3 is 2.55 bits per heavy atom. The molecular formula is C37H31N3. The zero-order chi connectivity index (χ0) is 26.7. The minimum absolute atomic E-state index is 0.0528. The summed E-state index contributed by atoms with van der Waals surface area (Å²) in [6, 6.07) is 28.3. The van der Waals surface area contributed by atoms with Gasteiger partial charge in [0.1, 0.15) is 5.84 Å². The van der Waals surface area contributed by atoms with Gasteiger partial charge in [-0.2, -0.15) is 0 Å². The second-order valence-electron chi connectivity index (χ2n) is 10.6. The number of nitrogens with one attached hydrogen (secondary N) is 1. The molecule has 1 N–H and O–H groups in total. The number of allylic oxidation sites excluding steroid dienone is 7. The van der Waals surface area contributed by atoms with Gasteiger partial charge in [0, 0.05) is 24.0 Å². The van der Waals surface area contributed by atoms with Crippen molar-refractivity contribution in [2.24, 2.45) is 10.9 Å². The number of nitrogens with zero attached hydrogens (tertiary/aromatic N) is 2. The number of rotatable bonds is 5. The lowest BCUT2D eigenvalue weighted by Crippen LogP contribution is -2.33. The van der Waals surface area contributed by atoms with E-state index in [2.05, 4.69) is 126 Å². The summed E-state index contributed by atoms with van der Waals surface area (Å²) in [5.41, 5.74) is 8.48. The van der Waals surface area contributed by atoms with Crippen LogP contribution in [0.1, 0.15) is 36.4 Å². The zero-order valence-corrected chi connectivity index (χ0v) is 22.4. The van der Waals surface area contributed by atoms with Gasteiger partial charge in [-0.3, -0.25) is 4.98 Å². The fourth-order valence-corrected chi connectivity index (χ4v) is 5.87. The Bertz CT molecular complexity index is 1730. The first-order valence-corrected chi connectivity index (χ1v) is 14.1. The van der Waals surface area contributed by atoms with Crippen molar-refractivity contribution in [1.29, 1.82) is 0 Å². The predicted molar refractivity (Wildman–Crippen MR) is 167 cm³/mol. The van der Waals surface area contributed by atoms with Gasteiger partial charge in [0.15, 0.2) is 0 Å². The quantitative estimate of drug-likeness (QED) is 0.287. The van der Waals surface area contributed by atoms with E-state index in [9.17, 15) is 0 Å². The van der Waals surface area contributed by atoms with Crippen LogP contribution in [0, 0.1) is 5.92 Å². The number of aliphatic imine (C=N–C) groups is 1. The van der Waals surface area contributed by atoms with E-state index in [1.54, 1.807) is 0 Å². The molecule has 2 unspecified atom stereocenters. The fraction of sp³-hybridized carbons (Fsp3) is 0.135. The maximum Gasteiger partial charge on any atom is 0.130 e. The summed E-state index contributed by atoms with van der Waals surface area (Å²) in [5.74, 6) is 1.21. The van der Waals surface area contributed by atoms with Gasteiger partial charge in [-0.25, -0.2) is 4.99 Å². The van der Waals surface area contributed by atoms with E-state index in [4.69, 9.17) is 4.99 Å². The highest BCUT2D eigenvalue weighted by Gasteiger charge is 2.24. The molecule has 1 aromatic heterocycles. The van der Waals surface area contributed by atoms with E-state index in [0.29, 0.717) is 0 Å². The molecule has 3 nitrogen and oxygen atoms in total. The van der Waals surface area contributed by atoms with Crippen LogP contribution in [0.3, 0.4) is 0 Å². The summed E-state index contributed by atoms with van der Waals surface area (Å²) in [7, 11) is 0. The van der Waals surface area contributed by atoms with Crippen molar-refractivity contribution in [3.05, 3.63) is 156 Å². The van der Waals surface area contributed by atoms with Crippen LogP contribution in [0.5, 0.6) is 0 Å². The Balaban J connectivity index is 1.24. The average Bonchev–Trinajstić information content (AvgIpc) is 3.05. The molecule has 2 heterocycles. The number of fused-ring (bicyclic) bond motifs is 1. The van der Waals surface area contributed by atoms with E-state index >= 15 is 0 Å². The zero-order valence-electron chi connectivity index (χ0n) is 22.4. The van der Waals surface area contributed by atoms with Crippen molar-refractivity contribution in [2.45, 2.75) is 25.3 Å². The van der Waals surface area contributed by atoms with Gasteiger partial charge >= 0.3 is 0 Å². The Hall–Kier alpha value is -4.76. The van der Waals surface area contributed by atoms with E-state index in [1.807, 2.05) is 18.5 Å². The molecule has 194 valence electrons. The molecule has 0 amide bonds. The standard InChI is InChI=1S/C37H31N3/c1-2-10-29(11-3-1)37-39-35(24-36(40-37)31-14-6-13-30(23-31)32-15-8-22-38-25-32)28-20-18-27(19-21-28)34-17-7-12-26-9-4-5-16-33(26)34/h1-2,4-10,12-13,15-25,31,35H,3,11,14H2,(H,39,40). The van der Waals surface area contributed by atoms with Gasteiger partial charge in [-0.05, 0) is 75.6 Å². The summed E-state index contributed by atoms with van der Waals surface area (Å²) in [4.78, 5) is 9.53. The molecule has 4 aromatic rings. The molecule has 3 aliphatic rings. The number of benzene rings is 3.